The first-order chi connectivity index (χ1) is 2.00. The van der Waals surface area contributed by atoms with Gasteiger partial charge in [-0.1, -0.05) is 0 Å². The summed E-state index contributed by atoms with van der Waals surface area (Å²) in [6.07, 6.45) is 0. The molecule has 6 heavy (non-hydrogen) atoms. The molecule has 0 spiro atoms. The Morgan fingerprint density at radius 3 is 1.00 bits per heavy atom. The van der Waals surface area contributed by atoms with Crippen LogP contribution in [0.5, 0.6) is 0 Å². The van der Waals surface area contributed by atoms with Crippen molar-refractivity contribution < 1.29 is 46.4 Å². The molecule has 0 atom stereocenters. The average molecular weight is 288 g/mol. The number of hydrogen-bond acceptors (Lipinski definition) is 0. The minimum atomic E-state index is -6.00. The van der Waals surface area contributed by atoms with Crippen LogP contribution in [0.3, 0.4) is 0 Å². The van der Waals surface area contributed by atoms with E-state index in [0.29, 0.717) is 0 Å². The van der Waals surface area contributed by atoms with E-state index in [-0.39, 0.29) is 29.1 Å². The molecular weight excluding hydrogens is 287 g/mol. The monoisotopic (exact) mass is 290 g/mol. The normalized spacial score (nSPS) is 10.0. The maximum atomic E-state index is 9.75. The molecular formula is HBF4Hg. The third-order valence-electron chi connectivity index (χ3n) is 0. The van der Waals surface area contributed by atoms with E-state index < -0.39 is 7.25 Å². The topological polar surface area (TPSA) is 0 Å². The fourth-order valence-corrected chi connectivity index (χ4v) is 0. The smallest absolute Gasteiger partial charge is 0.418 e. The van der Waals surface area contributed by atoms with Crippen LogP contribution in [0, 0.1) is 0 Å². The van der Waals surface area contributed by atoms with Gasteiger partial charge < -0.3 is 17.3 Å². The first kappa shape index (κ1) is 9.87. The van der Waals surface area contributed by atoms with Crippen LogP contribution in [0.1, 0.15) is 1.43 Å². The van der Waals surface area contributed by atoms with Crippen LogP contribution < -0.4 is 0 Å². The molecule has 0 bridgehead atoms. The Bertz CT molecular complexity index is 27.2. The first-order valence-corrected chi connectivity index (χ1v) is 0.873. The van der Waals surface area contributed by atoms with Gasteiger partial charge in [0.2, 0.25) is 0 Å². The molecule has 0 aromatic rings. The summed E-state index contributed by atoms with van der Waals surface area (Å²) >= 11 is 0. The molecule has 0 heterocycles. The fourth-order valence-electron chi connectivity index (χ4n) is 0. The first-order valence-electron chi connectivity index (χ1n) is 0.873. The summed E-state index contributed by atoms with van der Waals surface area (Å²) in [5.41, 5.74) is 0. The van der Waals surface area contributed by atoms with E-state index in [4.69, 9.17) is 0 Å². The molecule has 0 fully saturated rings. The second kappa shape index (κ2) is 2.82. The number of rotatable bonds is 0. The van der Waals surface area contributed by atoms with Crippen LogP contribution in [0.15, 0.2) is 0 Å². The molecule has 0 aromatic carbocycles. The molecule has 0 aliphatic rings. The van der Waals surface area contributed by atoms with Crippen molar-refractivity contribution in [3.8, 4) is 0 Å². The molecule has 0 nitrogen and oxygen atoms in total. The molecule has 0 saturated heterocycles. The Balaban J connectivity index is -0.0000000800. The minimum absolute atomic E-state index is 0. The minimum Gasteiger partial charge on any atom is -0.418 e. The number of hydrogen-bond donors (Lipinski definition) is 0. The SMILES string of the molecule is F[B-](F)(F)F.[H+].[Hg]. The standard InChI is InChI=1S/BF4.Hg/c2-1(3,4)5;/q-1;/p+1. The Morgan fingerprint density at radius 2 is 1.00 bits per heavy atom. The molecule has 0 radical (unpaired) electrons. The Kier molecular flexibility index (Phi) is 4.64. The summed E-state index contributed by atoms with van der Waals surface area (Å²) < 4.78 is 39.0. The quantitative estimate of drug-likeness (QED) is 0.467. The summed E-state index contributed by atoms with van der Waals surface area (Å²) in [6.45, 7) is 0. The zero-order chi connectivity index (χ0) is 4.50. The molecule has 0 N–H and O–H groups in total. The van der Waals surface area contributed by atoms with Crippen LogP contribution in [0.25, 0.3) is 0 Å². The summed E-state index contributed by atoms with van der Waals surface area (Å²) in [4.78, 5) is 0. The van der Waals surface area contributed by atoms with E-state index in [9.17, 15) is 17.3 Å². The maximum absolute atomic E-state index is 9.75. The Labute approximate surface area is 54.0 Å². The van der Waals surface area contributed by atoms with Crippen LogP contribution in [-0.2, 0) is 27.7 Å². The van der Waals surface area contributed by atoms with E-state index in [1.807, 2.05) is 0 Å². The van der Waals surface area contributed by atoms with E-state index in [2.05, 4.69) is 0 Å². The van der Waals surface area contributed by atoms with Crippen LogP contribution in [0.2, 0.25) is 0 Å². The van der Waals surface area contributed by atoms with Crippen molar-refractivity contribution in [3.63, 3.8) is 0 Å². The van der Waals surface area contributed by atoms with Crippen LogP contribution in [0.4, 0.5) is 17.3 Å². The van der Waals surface area contributed by atoms with Crippen molar-refractivity contribution in [2.45, 2.75) is 0 Å². The van der Waals surface area contributed by atoms with Gasteiger partial charge in [0.05, 0.1) is 0 Å². The molecule has 0 saturated carbocycles. The van der Waals surface area contributed by atoms with E-state index >= 15 is 0 Å². The van der Waals surface area contributed by atoms with Gasteiger partial charge in [-0.3, -0.25) is 0 Å². The molecule has 0 unspecified atom stereocenters. The van der Waals surface area contributed by atoms with E-state index in [1.54, 1.807) is 0 Å². The largest absolute Gasteiger partial charge is 1.00 e. The van der Waals surface area contributed by atoms with Crippen molar-refractivity contribution in [1.82, 2.24) is 0 Å². The van der Waals surface area contributed by atoms with E-state index in [1.165, 1.54) is 0 Å². The third kappa shape index (κ3) is 126. The van der Waals surface area contributed by atoms with Crippen LogP contribution >= 0.6 is 0 Å². The predicted molar refractivity (Wildman–Crippen MR) is 11.3 cm³/mol. The molecule has 0 aliphatic carbocycles. The van der Waals surface area contributed by atoms with Crippen molar-refractivity contribution >= 4 is 7.25 Å². The van der Waals surface area contributed by atoms with Crippen molar-refractivity contribution in [2.75, 3.05) is 0 Å². The van der Waals surface area contributed by atoms with Gasteiger partial charge in [0.25, 0.3) is 0 Å². The molecule has 34 valence electrons. The summed E-state index contributed by atoms with van der Waals surface area (Å²) in [7, 11) is -6.00. The zero-order valence-electron chi connectivity index (χ0n) is 3.80. The van der Waals surface area contributed by atoms with Gasteiger partial charge in [0.15, 0.2) is 0 Å². The molecule has 0 aliphatic heterocycles. The average Bonchev–Trinajstić information content (AvgIpc) is 0.722. The summed E-state index contributed by atoms with van der Waals surface area (Å²) in [6, 6.07) is 0. The predicted octanol–water partition coefficient (Wildman–Crippen LogP) is 1.41. The fraction of sp³-hybridized carbons (Fsp3) is 0. The summed E-state index contributed by atoms with van der Waals surface area (Å²) in [5.74, 6) is 0. The third-order valence-corrected chi connectivity index (χ3v) is 0. The second-order valence-corrected chi connectivity index (χ2v) is 0.495. The number of halogens is 4. The molecule has 0 rings (SSSR count). The Morgan fingerprint density at radius 1 is 1.00 bits per heavy atom. The zero-order valence-corrected chi connectivity index (χ0v) is 8.29. The van der Waals surface area contributed by atoms with Gasteiger partial charge >= 0.3 is 8.68 Å². The summed E-state index contributed by atoms with van der Waals surface area (Å²) in [5, 5.41) is 0. The molecule has 6 heteroatoms. The Hall–Kier alpha value is 0.720. The van der Waals surface area contributed by atoms with Gasteiger partial charge in [0, 0.05) is 27.7 Å². The van der Waals surface area contributed by atoms with Gasteiger partial charge in [-0.25, -0.2) is 0 Å². The van der Waals surface area contributed by atoms with Crippen molar-refractivity contribution in [3.05, 3.63) is 0 Å². The second-order valence-electron chi connectivity index (χ2n) is 0.495. The van der Waals surface area contributed by atoms with Crippen molar-refractivity contribution in [1.29, 1.82) is 0 Å². The van der Waals surface area contributed by atoms with Gasteiger partial charge in [-0.15, -0.1) is 0 Å². The van der Waals surface area contributed by atoms with Gasteiger partial charge in [-0.2, -0.15) is 0 Å². The molecule has 0 aromatic heterocycles. The van der Waals surface area contributed by atoms with Gasteiger partial charge in [-0.05, 0) is 0 Å². The van der Waals surface area contributed by atoms with Gasteiger partial charge in [0.1, 0.15) is 0 Å². The maximum Gasteiger partial charge on any atom is 1.00 e. The molecule has 0 amide bonds. The van der Waals surface area contributed by atoms with Crippen LogP contribution in [-0.4, -0.2) is 7.25 Å². The van der Waals surface area contributed by atoms with Crippen molar-refractivity contribution in [2.24, 2.45) is 0 Å². The van der Waals surface area contributed by atoms with E-state index in [0.717, 1.165) is 0 Å².